The average Bonchev–Trinajstić information content (AvgIpc) is 2.81. The van der Waals surface area contributed by atoms with Gasteiger partial charge < -0.3 is 19.7 Å². The summed E-state index contributed by atoms with van der Waals surface area (Å²) in [5, 5.41) is 21.4. The summed E-state index contributed by atoms with van der Waals surface area (Å²) in [6, 6.07) is 7.01. The lowest BCUT2D eigenvalue weighted by atomic mass is 9.90. The van der Waals surface area contributed by atoms with Gasteiger partial charge in [-0.05, 0) is 25.3 Å². The molecule has 0 saturated heterocycles. The average molecular weight is 549 g/mol. The minimum Gasteiger partial charge on any atom is -0.504 e. The number of phenols is 2. The third-order valence-corrected chi connectivity index (χ3v) is 5.88. The van der Waals surface area contributed by atoms with Crippen LogP contribution < -0.4 is 4.74 Å². The predicted molar refractivity (Wildman–Crippen MR) is 132 cm³/mol. The van der Waals surface area contributed by atoms with Crippen LogP contribution in [0.4, 0.5) is 0 Å². The Morgan fingerprint density at radius 1 is 0.800 bits per heavy atom. The molecule has 0 unspecified atom stereocenters. The van der Waals surface area contributed by atoms with Gasteiger partial charge in [0.15, 0.2) is 23.1 Å². The molecule has 0 heterocycles. The van der Waals surface area contributed by atoms with Crippen molar-refractivity contribution in [2.75, 3.05) is 0 Å². The first-order valence-corrected chi connectivity index (χ1v) is 12.3. The molecule has 0 aliphatic rings. The van der Waals surface area contributed by atoms with Gasteiger partial charge in [-0.25, -0.2) is 4.79 Å². The van der Waals surface area contributed by atoms with Gasteiger partial charge in [-0.1, -0.05) is 54.9 Å². The van der Waals surface area contributed by atoms with Crippen LogP contribution in [-0.2, 0) is 16.1 Å². The molecule has 188 valence electrons. The fourth-order valence-electron chi connectivity index (χ4n) is 3.45. The van der Waals surface area contributed by atoms with Gasteiger partial charge in [0.2, 0.25) is 5.75 Å². The number of ketones is 2. The maximum absolute atomic E-state index is 13.3. The molecule has 9 heteroatoms. The predicted octanol–water partition coefficient (Wildman–Crippen LogP) is 5.89. The number of aromatic hydroxyl groups is 2. The van der Waals surface area contributed by atoms with Crippen molar-refractivity contribution in [1.82, 2.24) is 0 Å². The fraction of sp³-hybridized carbons (Fsp3) is 0.385. The Labute approximate surface area is 212 Å². The second-order valence-corrected chi connectivity index (χ2v) is 8.74. The van der Waals surface area contributed by atoms with Crippen LogP contribution >= 0.6 is 15.9 Å². The van der Waals surface area contributed by atoms with Gasteiger partial charge in [-0.2, -0.15) is 0 Å². The number of carbonyl (C=O) groups excluding carboxylic acids is 4. The van der Waals surface area contributed by atoms with Crippen molar-refractivity contribution < 1.29 is 38.9 Å². The van der Waals surface area contributed by atoms with Gasteiger partial charge in [0, 0.05) is 29.3 Å². The molecule has 0 atom stereocenters. The Kier molecular flexibility index (Phi) is 10.4. The van der Waals surface area contributed by atoms with E-state index in [-0.39, 0.29) is 25.9 Å². The molecule has 0 fully saturated rings. The molecule has 0 aliphatic carbocycles. The standard InChI is InChI=1S/C26H29BrO8/c1-4-9-17(28)20-22(26(33)34-14-15-12-7-8-13-16(15)27)21(18(29)10-5-2)25(24(32)23(20)31)35-19(30)11-6-3/h7-8,12-13,31-32H,4-6,9-11,14H2,1-3H3. The van der Waals surface area contributed by atoms with E-state index in [1.165, 1.54) is 0 Å². The minimum atomic E-state index is -1.07. The molecule has 8 nitrogen and oxygen atoms in total. The number of rotatable bonds is 12. The molecule has 2 rings (SSSR count). The molecule has 2 N–H and O–H groups in total. The highest BCUT2D eigenvalue weighted by atomic mass is 79.9. The first kappa shape index (κ1) is 28.0. The normalized spacial score (nSPS) is 10.6. The minimum absolute atomic E-state index is 0.0278. The summed E-state index contributed by atoms with van der Waals surface area (Å²) >= 11 is 3.36. The Bertz CT molecular complexity index is 1120. The van der Waals surface area contributed by atoms with Crippen molar-refractivity contribution in [3.05, 3.63) is 51.0 Å². The molecule has 0 aromatic heterocycles. The molecular weight excluding hydrogens is 520 g/mol. The number of benzene rings is 2. The SMILES string of the molecule is CCCC(=O)Oc1c(O)c(O)c(C(=O)CCC)c(C(=O)OCc2ccccc2Br)c1C(=O)CCC. The van der Waals surface area contributed by atoms with Gasteiger partial charge in [0.1, 0.15) is 6.61 Å². The number of phenolic OH excluding ortho intramolecular Hbond substituents is 2. The highest BCUT2D eigenvalue weighted by molar-refractivity contribution is 9.10. The third-order valence-electron chi connectivity index (χ3n) is 5.11. The van der Waals surface area contributed by atoms with Gasteiger partial charge in [0.25, 0.3) is 0 Å². The van der Waals surface area contributed by atoms with Crippen LogP contribution in [0, 0.1) is 0 Å². The summed E-state index contributed by atoms with van der Waals surface area (Å²) < 4.78 is 11.3. The molecule has 0 saturated carbocycles. The number of carbonyl (C=O) groups is 4. The van der Waals surface area contributed by atoms with E-state index in [1.54, 1.807) is 45.0 Å². The van der Waals surface area contributed by atoms with E-state index in [1.807, 2.05) is 0 Å². The van der Waals surface area contributed by atoms with Gasteiger partial charge >= 0.3 is 11.9 Å². The van der Waals surface area contributed by atoms with Crippen molar-refractivity contribution in [3.63, 3.8) is 0 Å². The zero-order valence-electron chi connectivity index (χ0n) is 20.0. The Hall–Kier alpha value is -3.20. The van der Waals surface area contributed by atoms with Crippen LogP contribution in [0.15, 0.2) is 28.7 Å². The van der Waals surface area contributed by atoms with Crippen molar-refractivity contribution in [3.8, 4) is 17.2 Å². The number of ether oxygens (including phenoxy) is 2. The molecule has 2 aromatic carbocycles. The highest BCUT2D eigenvalue weighted by Crippen LogP contribution is 2.46. The zero-order chi connectivity index (χ0) is 26.1. The van der Waals surface area contributed by atoms with Crippen LogP contribution in [0.3, 0.4) is 0 Å². The first-order chi connectivity index (χ1) is 16.7. The van der Waals surface area contributed by atoms with E-state index in [4.69, 9.17) is 9.47 Å². The summed E-state index contributed by atoms with van der Waals surface area (Å²) in [6.07, 6.45) is 1.04. The van der Waals surface area contributed by atoms with Gasteiger partial charge in [-0.15, -0.1) is 0 Å². The quantitative estimate of drug-likeness (QED) is 0.145. The largest absolute Gasteiger partial charge is 0.504 e. The Morgan fingerprint density at radius 2 is 1.37 bits per heavy atom. The van der Waals surface area contributed by atoms with Crippen LogP contribution in [0.1, 0.15) is 95.9 Å². The van der Waals surface area contributed by atoms with E-state index >= 15 is 0 Å². The van der Waals surface area contributed by atoms with Crippen molar-refractivity contribution in [1.29, 1.82) is 0 Å². The zero-order valence-corrected chi connectivity index (χ0v) is 21.6. The first-order valence-electron chi connectivity index (χ1n) is 11.5. The maximum atomic E-state index is 13.3. The number of hydrogen-bond acceptors (Lipinski definition) is 8. The molecule has 2 aromatic rings. The lowest BCUT2D eigenvalue weighted by Crippen LogP contribution is -2.20. The van der Waals surface area contributed by atoms with Crippen LogP contribution in [0.25, 0.3) is 0 Å². The molecule has 0 bridgehead atoms. The molecule has 0 aliphatic heterocycles. The van der Waals surface area contributed by atoms with Gasteiger partial charge in [-0.3, -0.25) is 14.4 Å². The summed E-state index contributed by atoms with van der Waals surface area (Å²) in [4.78, 5) is 51.7. The maximum Gasteiger partial charge on any atom is 0.340 e. The number of halogens is 1. The lowest BCUT2D eigenvalue weighted by Gasteiger charge is -2.19. The van der Waals surface area contributed by atoms with E-state index < -0.39 is 57.4 Å². The Balaban J connectivity index is 2.76. The molecule has 0 amide bonds. The lowest BCUT2D eigenvalue weighted by molar-refractivity contribution is -0.134. The molecule has 35 heavy (non-hydrogen) atoms. The van der Waals surface area contributed by atoms with Crippen LogP contribution in [-0.4, -0.2) is 33.7 Å². The van der Waals surface area contributed by atoms with Crippen molar-refractivity contribution in [2.45, 2.75) is 65.9 Å². The summed E-state index contributed by atoms with van der Waals surface area (Å²) in [6.45, 7) is 4.99. The van der Waals surface area contributed by atoms with E-state index in [0.717, 1.165) is 0 Å². The molecular formula is C26H29BrO8. The number of hydrogen-bond donors (Lipinski definition) is 2. The second-order valence-electron chi connectivity index (χ2n) is 7.89. The highest BCUT2D eigenvalue weighted by Gasteiger charge is 2.36. The van der Waals surface area contributed by atoms with E-state index in [2.05, 4.69) is 15.9 Å². The number of esters is 2. The Morgan fingerprint density at radius 3 is 1.94 bits per heavy atom. The topological polar surface area (TPSA) is 127 Å². The second kappa shape index (κ2) is 13.0. The molecule has 0 spiro atoms. The van der Waals surface area contributed by atoms with E-state index in [0.29, 0.717) is 29.3 Å². The monoisotopic (exact) mass is 548 g/mol. The third kappa shape index (κ3) is 6.69. The summed E-state index contributed by atoms with van der Waals surface area (Å²) in [7, 11) is 0. The van der Waals surface area contributed by atoms with Crippen molar-refractivity contribution in [2.24, 2.45) is 0 Å². The summed E-state index contributed by atoms with van der Waals surface area (Å²) in [5.41, 5.74) is -0.885. The summed E-state index contributed by atoms with van der Waals surface area (Å²) in [5.74, 6) is -5.68. The van der Waals surface area contributed by atoms with Crippen LogP contribution in [0.5, 0.6) is 17.2 Å². The fourth-order valence-corrected chi connectivity index (χ4v) is 3.85. The van der Waals surface area contributed by atoms with Crippen LogP contribution in [0.2, 0.25) is 0 Å². The smallest absolute Gasteiger partial charge is 0.340 e. The number of Topliss-reactive ketones (excluding diaryl/α,β-unsaturated/α-hetero) is 2. The van der Waals surface area contributed by atoms with Gasteiger partial charge in [0.05, 0.1) is 16.7 Å². The molecule has 0 radical (unpaired) electrons. The van der Waals surface area contributed by atoms with Crippen molar-refractivity contribution >= 4 is 39.4 Å². The van der Waals surface area contributed by atoms with E-state index in [9.17, 15) is 29.4 Å².